The van der Waals surface area contributed by atoms with Gasteiger partial charge in [-0.25, -0.2) is 0 Å². The summed E-state index contributed by atoms with van der Waals surface area (Å²) in [6, 6.07) is 1.78. The quantitative estimate of drug-likeness (QED) is 0.756. The average Bonchev–Trinajstić information content (AvgIpc) is 3.30. The predicted octanol–water partition coefficient (Wildman–Crippen LogP) is 1.73. The summed E-state index contributed by atoms with van der Waals surface area (Å²) in [5, 5.41) is 30.6. The number of amides is 1. The molecule has 8 nitrogen and oxygen atoms in total. The fourth-order valence-corrected chi connectivity index (χ4v) is 4.25. The highest BCUT2D eigenvalue weighted by Gasteiger charge is 2.28. The van der Waals surface area contributed by atoms with Crippen LogP contribution in [0, 0.1) is 0 Å². The first kappa shape index (κ1) is 18.2. The molecular weight excluding hydrogens is 346 g/mol. The molecule has 3 N–H and O–H groups in total. The minimum Gasteiger partial charge on any atom is -0.393 e. The molecule has 4 rings (SSSR count). The van der Waals surface area contributed by atoms with Crippen molar-refractivity contribution in [3.8, 4) is 0 Å². The highest BCUT2D eigenvalue weighted by atomic mass is 16.3. The molecule has 0 saturated heterocycles. The second-order valence-corrected chi connectivity index (χ2v) is 7.59. The number of H-pyrrole nitrogens is 1. The maximum atomic E-state index is 13.2. The van der Waals surface area contributed by atoms with Gasteiger partial charge in [0.1, 0.15) is 6.10 Å². The fourth-order valence-electron chi connectivity index (χ4n) is 4.25. The first-order chi connectivity index (χ1) is 13.2. The van der Waals surface area contributed by atoms with Gasteiger partial charge >= 0.3 is 0 Å². The van der Waals surface area contributed by atoms with Crippen LogP contribution in [0.4, 0.5) is 0 Å². The Balaban J connectivity index is 1.54. The highest BCUT2D eigenvalue weighted by Crippen LogP contribution is 2.33. The third-order valence-electron chi connectivity index (χ3n) is 5.75. The second kappa shape index (κ2) is 7.82. The summed E-state index contributed by atoms with van der Waals surface area (Å²) in [6.45, 7) is 1.44. The maximum Gasteiger partial charge on any atom is 0.257 e. The molecule has 27 heavy (non-hydrogen) atoms. The van der Waals surface area contributed by atoms with Gasteiger partial charge in [-0.1, -0.05) is 19.3 Å². The molecule has 8 heteroatoms. The Morgan fingerprint density at radius 3 is 2.85 bits per heavy atom. The van der Waals surface area contributed by atoms with E-state index < -0.39 is 6.10 Å². The van der Waals surface area contributed by atoms with E-state index in [2.05, 4.69) is 15.3 Å². The van der Waals surface area contributed by atoms with Gasteiger partial charge in [0, 0.05) is 19.0 Å². The number of aromatic amines is 1. The first-order valence-electron chi connectivity index (χ1n) is 9.85. The van der Waals surface area contributed by atoms with Crippen molar-refractivity contribution in [3.05, 3.63) is 34.9 Å². The highest BCUT2D eigenvalue weighted by molar-refractivity contribution is 5.95. The Labute approximate surface area is 158 Å². The predicted molar refractivity (Wildman–Crippen MR) is 98.0 cm³/mol. The molecular formula is C19H27N5O3. The Kier molecular flexibility index (Phi) is 5.27. The zero-order chi connectivity index (χ0) is 18.8. The van der Waals surface area contributed by atoms with Crippen molar-refractivity contribution >= 4 is 5.91 Å². The molecule has 1 aliphatic carbocycles. The van der Waals surface area contributed by atoms with E-state index in [1.807, 2.05) is 9.58 Å². The molecule has 146 valence electrons. The minimum atomic E-state index is -0.986. The lowest BCUT2D eigenvalue weighted by Gasteiger charge is -2.24. The molecule has 1 atom stereocenters. The SMILES string of the molecule is O=C(c1cn[nH]c1C1CCCCC1)N1CCCn2nc([C@H](O)CO)cc2C1. The van der Waals surface area contributed by atoms with Gasteiger partial charge in [-0.15, -0.1) is 0 Å². The largest absolute Gasteiger partial charge is 0.393 e. The minimum absolute atomic E-state index is 0.00299. The van der Waals surface area contributed by atoms with E-state index in [1.165, 1.54) is 19.3 Å². The van der Waals surface area contributed by atoms with E-state index >= 15 is 0 Å². The molecule has 2 aromatic rings. The number of aromatic nitrogens is 4. The molecule has 0 unspecified atom stereocenters. The number of nitrogens with zero attached hydrogens (tertiary/aromatic N) is 4. The molecule has 0 aromatic carbocycles. The van der Waals surface area contributed by atoms with Crippen LogP contribution in [0.2, 0.25) is 0 Å². The number of nitrogens with one attached hydrogen (secondary N) is 1. The van der Waals surface area contributed by atoms with Crippen LogP contribution in [0.25, 0.3) is 0 Å². The molecule has 2 aliphatic rings. The van der Waals surface area contributed by atoms with E-state index in [9.17, 15) is 9.90 Å². The van der Waals surface area contributed by atoms with Gasteiger partial charge in [-0.3, -0.25) is 14.6 Å². The van der Waals surface area contributed by atoms with E-state index in [0.29, 0.717) is 36.8 Å². The van der Waals surface area contributed by atoms with Crippen molar-refractivity contribution < 1.29 is 15.0 Å². The van der Waals surface area contributed by atoms with Crippen LogP contribution in [0.1, 0.15) is 78.0 Å². The van der Waals surface area contributed by atoms with Crippen LogP contribution in [0.3, 0.4) is 0 Å². The standard InChI is InChI=1S/C19H27N5O3/c25-12-17(26)16-9-14-11-23(7-4-8-24(14)22-16)19(27)15-10-20-21-18(15)13-5-2-1-3-6-13/h9-10,13,17,25-26H,1-8,11-12H2,(H,20,21)/t17-/m1/s1. The third-order valence-corrected chi connectivity index (χ3v) is 5.75. The van der Waals surface area contributed by atoms with Gasteiger partial charge in [0.05, 0.1) is 42.0 Å². The molecule has 2 aromatic heterocycles. The summed E-state index contributed by atoms with van der Waals surface area (Å²) in [5.41, 5.74) is 3.00. The zero-order valence-electron chi connectivity index (χ0n) is 15.5. The van der Waals surface area contributed by atoms with Crippen LogP contribution >= 0.6 is 0 Å². The lowest BCUT2D eigenvalue weighted by molar-refractivity contribution is 0.0743. The number of carbonyl (C=O) groups excluding carboxylic acids is 1. The summed E-state index contributed by atoms with van der Waals surface area (Å²) in [7, 11) is 0. The Morgan fingerprint density at radius 1 is 1.26 bits per heavy atom. The molecule has 0 radical (unpaired) electrons. The van der Waals surface area contributed by atoms with E-state index in [0.717, 1.165) is 30.7 Å². The summed E-state index contributed by atoms with van der Waals surface area (Å²) in [5.74, 6) is 0.396. The number of rotatable bonds is 4. The van der Waals surface area contributed by atoms with E-state index in [-0.39, 0.29) is 12.5 Å². The third kappa shape index (κ3) is 3.64. The van der Waals surface area contributed by atoms with Crippen molar-refractivity contribution in [2.45, 2.75) is 63.6 Å². The lowest BCUT2D eigenvalue weighted by atomic mass is 9.85. The van der Waals surface area contributed by atoms with Gasteiger partial charge in [0.15, 0.2) is 0 Å². The van der Waals surface area contributed by atoms with Crippen molar-refractivity contribution in [1.29, 1.82) is 0 Å². The number of carbonyl (C=O) groups is 1. The number of fused-ring (bicyclic) bond motifs is 1. The summed E-state index contributed by atoms with van der Waals surface area (Å²) in [6.07, 6.45) is 7.37. The molecule has 0 spiro atoms. The smallest absolute Gasteiger partial charge is 0.257 e. The maximum absolute atomic E-state index is 13.2. The molecule has 1 amide bonds. The summed E-state index contributed by atoms with van der Waals surface area (Å²) in [4.78, 5) is 15.1. The van der Waals surface area contributed by atoms with Crippen LogP contribution in [0.15, 0.2) is 12.3 Å². The second-order valence-electron chi connectivity index (χ2n) is 7.59. The normalized spacial score (nSPS) is 19.6. The van der Waals surface area contributed by atoms with Gasteiger partial charge < -0.3 is 15.1 Å². The van der Waals surface area contributed by atoms with Crippen LogP contribution in [0.5, 0.6) is 0 Å². The number of hydrogen-bond acceptors (Lipinski definition) is 5. The lowest BCUT2D eigenvalue weighted by Crippen LogP contribution is -2.31. The van der Waals surface area contributed by atoms with Crippen LogP contribution in [-0.2, 0) is 13.1 Å². The molecule has 1 fully saturated rings. The molecule has 1 aliphatic heterocycles. The molecule has 0 bridgehead atoms. The Bertz CT molecular complexity index is 793. The van der Waals surface area contributed by atoms with Crippen molar-refractivity contribution in [1.82, 2.24) is 24.9 Å². The zero-order valence-corrected chi connectivity index (χ0v) is 15.5. The topological polar surface area (TPSA) is 107 Å². The van der Waals surface area contributed by atoms with E-state index in [4.69, 9.17) is 5.11 Å². The van der Waals surface area contributed by atoms with Crippen molar-refractivity contribution in [2.24, 2.45) is 0 Å². The fraction of sp³-hybridized carbons (Fsp3) is 0.632. The monoisotopic (exact) mass is 373 g/mol. The number of aliphatic hydroxyl groups is 2. The Hall–Kier alpha value is -2.19. The average molecular weight is 373 g/mol. The van der Waals surface area contributed by atoms with Gasteiger partial charge in [-0.2, -0.15) is 10.2 Å². The molecule has 1 saturated carbocycles. The number of aliphatic hydroxyl groups excluding tert-OH is 2. The Morgan fingerprint density at radius 2 is 2.07 bits per heavy atom. The molecule has 3 heterocycles. The van der Waals surface area contributed by atoms with Crippen LogP contribution < -0.4 is 0 Å². The van der Waals surface area contributed by atoms with Crippen LogP contribution in [-0.4, -0.2) is 54.1 Å². The van der Waals surface area contributed by atoms with Gasteiger partial charge in [0.2, 0.25) is 0 Å². The van der Waals surface area contributed by atoms with Crippen molar-refractivity contribution in [2.75, 3.05) is 13.2 Å². The van der Waals surface area contributed by atoms with Crippen molar-refractivity contribution in [3.63, 3.8) is 0 Å². The van der Waals surface area contributed by atoms with Gasteiger partial charge in [-0.05, 0) is 25.3 Å². The summed E-state index contributed by atoms with van der Waals surface area (Å²) >= 11 is 0. The number of aryl methyl sites for hydroxylation is 1. The van der Waals surface area contributed by atoms with E-state index in [1.54, 1.807) is 12.3 Å². The summed E-state index contributed by atoms with van der Waals surface area (Å²) < 4.78 is 1.83. The first-order valence-corrected chi connectivity index (χ1v) is 9.85. The van der Waals surface area contributed by atoms with Gasteiger partial charge in [0.25, 0.3) is 5.91 Å². The number of hydrogen-bond donors (Lipinski definition) is 3.